The summed E-state index contributed by atoms with van der Waals surface area (Å²) in [5.41, 5.74) is 1.17. The molecule has 4 rings (SSSR count). The van der Waals surface area contributed by atoms with Crippen molar-refractivity contribution >= 4 is 23.1 Å². The van der Waals surface area contributed by atoms with Crippen molar-refractivity contribution in [1.82, 2.24) is 19.2 Å². The summed E-state index contributed by atoms with van der Waals surface area (Å²) in [5, 5.41) is 7.01. The Balaban J connectivity index is 1.64. The zero-order valence-electron chi connectivity index (χ0n) is 13.8. The molecule has 0 atom stereocenters. The Morgan fingerprint density at radius 2 is 2.00 bits per heavy atom. The first-order chi connectivity index (χ1) is 12.1. The highest BCUT2D eigenvalue weighted by molar-refractivity contribution is 6.05. The number of anilines is 2. The predicted octanol–water partition coefficient (Wildman–Crippen LogP) is 1.28. The van der Waals surface area contributed by atoms with Gasteiger partial charge in [-0.05, 0) is 25.0 Å². The van der Waals surface area contributed by atoms with Gasteiger partial charge in [0, 0.05) is 44.2 Å². The number of nitrogens with zero attached hydrogens (tertiary/aromatic N) is 5. The minimum absolute atomic E-state index is 0.234. The summed E-state index contributed by atoms with van der Waals surface area (Å²) in [7, 11) is 1.64. The minimum atomic E-state index is -0.360. The third kappa shape index (κ3) is 2.86. The second-order valence-electron chi connectivity index (χ2n) is 6.13. The van der Waals surface area contributed by atoms with Gasteiger partial charge >= 0.3 is 0 Å². The van der Waals surface area contributed by atoms with Gasteiger partial charge in [-0.2, -0.15) is 5.10 Å². The molecule has 4 heterocycles. The Morgan fingerprint density at radius 1 is 1.20 bits per heavy atom. The number of amides is 1. The molecule has 3 aromatic rings. The average Bonchev–Trinajstić information content (AvgIpc) is 3.27. The highest BCUT2D eigenvalue weighted by Crippen LogP contribution is 2.22. The van der Waals surface area contributed by atoms with Crippen LogP contribution in [-0.4, -0.2) is 38.2 Å². The summed E-state index contributed by atoms with van der Waals surface area (Å²) in [6.45, 7) is 1.98. The van der Waals surface area contributed by atoms with Gasteiger partial charge in [0.25, 0.3) is 11.5 Å². The van der Waals surface area contributed by atoms with Crippen LogP contribution in [0.5, 0.6) is 0 Å². The van der Waals surface area contributed by atoms with Gasteiger partial charge < -0.3 is 14.8 Å². The van der Waals surface area contributed by atoms with Gasteiger partial charge in [-0.3, -0.25) is 9.59 Å². The van der Waals surface area contributed by atoms with Crippen LogP contribution in [0.3, 0.4) is 0 Å². The van der Waals surface area contributed by atoms with Crippen LogP contribution in [0.25, 0.3) is 5.65 Å². The molecule has 0 aliphatic carbocycles. The Kier molecular flexibility index (Phi) is 3.72. The molecular weight excluding hydrogens is 320 g/mol. The first-order valence-electron chi connectivity index (χ1n) is 8.19. The molecule has 1 fully saturated rings. The smallest absolute Gasteiger partial charge is 0.256 e. The van der Waals surface area contributed by atoms with Crippen LogP contribution in [0, 0.1) is 0 Å². The molecule has 1 amide bonds. The lowest BCUT2D eigenvalue weighted by Gasteiger charge is -2.16. The van der Waals surface area contributed by atoms with Gasteiger partial charge in [0.1, 0.15) is 11.5 Å². The number of pyridine rings is 1. The van der Waals surface area contributed by atoms with Crippen LogP contribution in [0.4, 0.5) is 11.5 Å². The Hall–Kier alpha value is -3.16. The minimum Gasteiger partial charge on any atom is -0.356 e. The SMILES string of the molecule is Cn1ccc(C(=O)Nc2cnn3ccc(N4CCCC4)nc23)cc1=O. The first-order valence-corrected chi connectivity index (χ1v) is 8.19. The zero-order valence-corrected chi connectivity index (χ0v) is 13.8. The Bertz CT molecular complexity index is 1000. The number of carbonyl (C=O) groups is 1. The summed E-state index contributed by atoms with van der Waals surface area (Å²) in [6.07, 6.45) is 7.30. The monoisotopic (exact) mass is 338 g/mol. The van der Waals surface area contributed by atoms with Crippen molar-refractivity contribution in [2.75, 3.05) is 23.3 Å². The fraction of sp³-hybridized carbons (Fsp3) is 0.294. The fourth-order valence-corrected chi connectivity index (χ4v) is 2.95. The number of hydrogen-bond acceptors (Lipinski definition) is 5. The van der Waals surface area contributed by atoms with Crippen molar-refractivity contribution in [2.24, 2.45) is 7.05 Å². The van der Waals surface area contributed by atoms with E-state index in [1.807, 2.05) is 12.3 Å². The molecule has 0 bridgehead atoms. The van der Waals surface area contributed by atoms with Crippen LogP contribution in [0.1, 0.15) is 23.2 Å². The second kappa shape index (κ2) is 6.04. The number of aromatic nitrogens is 4. The van der Waals surface area contributed by atoms with E-state index in [4.69, 9.17) is 0 Å². The van der Waals surface area contributed by atoms with Crippen LogP contribution < -0.4 is 15.8 Å². The zero-order chi connectivity index (χ0) is 17.4. The molecule has 0 unspecified atom stereocenters. The summed E-state index contributed by atoms with van der Waals surface area (Å²) in [5.74, 6) is 0.524. The van der Waals surface area contributed by atoms with Gasteiger partial charge in [-0.1, -0.05) is 0 Å². The highest BCUT2D eigenvalue weighted by Gasteiger charge is 2.16. The van der Waals surface area contributed by atoms with E-state index in [2.05, 4.69) is 20.3 Å². The summed E-state index contributed by atoms with van der Waals surface area (Å²) in [6, 6.07) is 4.84. The number of fused-ring (bicyclic) bond motifs is 1. The van der Waals surface area contributed by atoms with E-state index >= 15 is 0 Å². The standard InChI is InChI=1S/C17H18N6O2/c1-21-8-4-12(10-15(21)24)17(25)19-13-11-18-23-9-5-14(20-16(13)23)22-6-2-3-7-22/h4-5,8-11H,2-3,6-7H2,1H3,(H,19,25). The van der Waals surface area contributed by atoms with E-state index in [0.717, 1.165) is 18.9 Å². The largest absolute Gasteiger partial charge is 0.356 e. The van der Waals surface area contributed by atoms with Gasteiger partial charge in [0.2, 0.25) is 0 Å². The van der Waals surface area contributed by atoms with Gasteiger partial charge in [-0.25, -0.2) is 9.50 Å². The number of aryl methyl sites for hydroxylation is 1. The van der Waals surface area contributed by atoms with Crippen LogP contribution in [0.2, 0.25) is 0 Å². The quantitative estimate of drug-likeness (QED) is 0.778. The van der Waals surface area contributed by atoms with Crippen molar-refractivity contribution in [3.63, 3.8) is 0 Å². The Morgan fingerprint density at radius 3 is 2.76 bits per heavy atom. The number of rotatable bonds is 3. The van der Waals surface area contributed by atoms with Crippen molar-refractivity contribution in [2.45, 2.75) is 12.8 Å². The van der Waals surface area contributed by atoms with Crippen LogP contribution in [-0.2, 0) is 7.05 Å². The van der Waals surface area contributed by atoms with Crippen LogP contribution in [0.15, 0.2) is 41.6 Å². The van der Waals surface area contributed by atoms with Gasteiger partial charge in [0.05, 0.1) is 6.20 Å². The molecule has 128 valence electrons. The van der Waals surface area contributed by atoms with Crippen molar-refractivity contribution in [3.05, 3.63) is 52.7 Å². The Labute approximate surface area is 143 Å². The topological polar surface area (TPSA) is 84.5 Å². The predicted molar refractivity (Wildman–Crippen MR) is 94.1 cm³/mol. The van der Waals surface area contributed by atoms with Crippen LogP contribution >= 0.6 is 0 Å². The fourth-order valence-electron chi connectivity index (χ4n) is 2.95. The highest BCUT2D eigenvalue weighted by atomic mass is 16.2. The van der Waals surface area contributed by atoms with E-state index in [0.29, 0.717) is 16.9 Å². The normalized spacial score (nSPS) is 14.2. The average molecular weight is 338 g/mol. The van der Waals surface area contributed by atoms with Gasteiger partial charge in [0.15, 0.2) is 5.65 Å². The molecule has 1 aliphatic rings. The molecular formula is C17H18N6O2. The lowest BCUT2D eigenvalue weighted by molar-refractivity contribution is 0.102. The van der Waals surface area contributed by atoms with E-state index in [1.165, 1.54) is 23.5 Å². The molecule has 8 nitrogen and oxygen atoms in total. The number of nitrogens with one attached hydrogen (secondary N) is 1. The molecule has 0 spiro atoms. The van der Waals surface area contributed by atoms with Crippen molar-refractivity contribution < 1.29 is 4.79 Å². The van der Waals surface area contributed by atoms with Gasteiger partial charge in [-0.15, -0.1) is 0 Å². The molecule has 8 heteroatoms. The number of hydrogen-bond donors (Lipinski definition) is 1. The van der Waals surface area contributed by atoms with Crippen molar-refractivity contribution in [3.8, 4) is 0 Å². The lowest BCUT2D eigenvalue weighted by Crippen LogP contribution is -2.20. The molecule has 1 aliphatic heterocycles. The maximum absolute atomic E-state index is 12.4. The maximum Gasteiger partial charge on any atom is 0.256 e. The van der Waals surface area contributed by atoms with E-state index in [9.17, 15) is 9.59 Å². The molecule has 1 saturated heterocycles. The molecule has 0 aromatic carbocycles. The summed E-state index contributed by atoms with van der Waals surface area (Å²) in [4.78, 5) is 31.0. The van der Waals surface area contributed by atoms with E-state index < -0.39 is 0 Å². The molecule has 25 heavy (non-hydrogen) atoms. The molecule has 0 saturated carbocycles. The number of carbonyl (C=O) groups excluding carboxylic acids is 1. The van der Waals surface area contributed by atoms with E-state index in [1.54, 1.807) is 30.0 Å². The maximum atomic E-state index is 12.4. The molecule has 3 aromatic heterocycles. The third-order valence-electron chi connectivity index (χ3n) is 4.40. The van der Waals surface area contributed by atoms with E-state index in [-0.39, 0.29) is 11.5 Å². The second-order valence-corrected chi connectivity index (χ2v) is 6.13. The first kappa shape index (κ1) is 15.4. The lowest BCUT2D eigenvalue weighted by atomic mass is 10.2. The summed E-state index contributed by atoms with van der Waals surface area (Å²) >= 11 is 0. The van der Waals surface area contributed by atoms with Crippen molar-refractivity contribution in [1.29, 1.82) is 0 Å². The third-order valence-corrected chi connectivity index (χ3v) is 4.40. The molecule has 1 N–H and O–H groups in total. The summed E-state index contributed by atoms with van der Waals surface area (Å²) < 4.78 is 3.04. The molecule has 0 radical (unpaired) electrons.